The van der Waals surface area contributed by atoms with Crippen LogP contribution >= 0.6 is 0 Å². The summed E-state index contributed by atoms with van der Waals surface area (Å²) in [4.78, 5) is 31.7. The van der Waals surface area contributed by atoms with Gasteiger partial charge in [0.2, 0.25) is 0 Å². The van der Waals surface area contributed by atoms with E-state index in [4.69, 9.17) is 13.9 Å². The van der Waals surface area contributed by atoms with Gasteiger partial charge in [-0.05, 0) is 47.0 Å². The maximum atomic E-state index is 13.1. The van der Waals surface area contributed by atoms with Crippen molar-refractivity contribution < 1.29 is 18.7 Å². The Hall–Kier alpha value is -4.95. The molecule has 0 unspecified atom stereocenters. The molecule has 0 bridgehead atoms. The highest BCUT2D eigenvalue weighted by molar-refractivity contribution is 5.94. The van der Waals surface area contributed by atoms with E-state index in [1.165, 1.54) is 0 Å². The van der Waals surface area contributed by atoms with Crippen LogP contribution in [0, 0.1) is 0 Å². The van der Waals surface area contributed by atoms with E-state index in [1.807, 2.05) is 77.7 Å². The van der Waals surface area contributed by atoms with Gasteiger partial charge < -0.3 is 24.1 Å². The first-order chi connectivity index (χ1) is 20.2. The van der Waals surface area contributed by atoms with Gasteiger partial charge in [-0.3, -0.25) is 14.6 Å². The highest BCUT2D eigenvalue weighted by Gasteiger charge is 2.18. The molecule has 0 spiro atoms. The molecule has 206 valence electrons. The number of morpholine rings is 1. The van der Waals surface area contributed by atoms with Crippen molar-refractivity contribution in [3.63, 3.8) is 0 Å². The lowest BCUT2D eigenvalue weighted by Gasteiger charge is -2.27. The van der Waals surface area contributed by atoms with Gasteiger partial charge in [-0.2, -0.15) is 0 Å². The lowest BCUT2D eigenvalue weighted by molar-refractivity contribution is -0.123. The maximum absolute atomic E-state index is 13.1. The molecule has 1 aliphatic heterocycles. The summed E-state index contributed by atoms with van der Waals surface area (Å²) in [5, 5.41) is 3.40. The van der Waals surface area contributed by atoms with Crippen LogP contribution in [-0.4, -0.2) is 43.8 Å². The molecule has 0 atom stereocenters. The van der Waals surface area contributed by atoms with Crippen LogP contribution in [0.3, 0.4) is 0 Å². The molecular weight excluding hydrogens is 518 g/mol. The number of nitrogens with one attached hydrogen (secondary N) is 1. The Bertz CT molecular complexity index is 1710. The Morgan fingerprint density at radius 2 is 1.68 bits per heavy atom. The second-order valence-electron chi connectivity index (χ2n) is 9.73. The predicted molar refractivity (Wildman–Crippen MR) is 158 cm³/mol. The smallest absolute Gasteiger partial charge is 0.258 e. The average molecular weight is 548 g/mol. The molecule has 0 saturated carbocycles. The fraction of sp³-hybridized carbons (Fsp3) is 0.182. The van der Waals surface area contributed by atoms with Gasteiger partial charge in [0.1, 0.15) is 11.3 Å². The first-order valence-electron chi connectivity index (χ1n) is 13.5. The van der Waals surface area contributed by atoms with Gasteiger partial charge in [-0.15, -0.1) is 0 Å². The largest absolute Gasteiger partial charge is 0.483 e. The highest BCUT2D eigenvalue weighted by Crippen LogP contribution is 2.37. The molecule has 5 aromatic rings. The molecule has 3 heterocycles. The summed E-state index contributed by atoms with van der Waals surface area (Å²) in [6.07, 6.45) is 3.38. The summed E-state index contributed by atoms with van der Waals surface area (Å²) >= 11 is 0. The van der Waals surface area contributed by atoms with E-state index in [1.54, 1.807) is 24.5 Å². The van der Waals surface area contributed by atoms with Crippen molar-refractivity contribution in [2.75, 3.05) is 37.8 Å². The monoisotopic (exact) mass is 547 g/mol. The SMILES string of the molecule is O=C(COc1ccc(-c2cccc3c(=O)cc(N4CCOCC4)oc23)cc1-c1ccccc1)NCc1ccncc1. The lowest BCUT2D eigenvalue weighted by Crippen LogP contribution is -2.36. The van der Waals surface area contributed by atoms with E-state index < -0.39 is 0 Å². The number of hydrogen-bond donors (Lipinski definition) is 1. The van der Waals surface area contributed by atoms with Gasteiger partial charge in [0.15, 0.2) is 17.9 Å². The Labute approximate surface area is 237 Å². The number of amides is 1. The fourth-order valence-corrected chi connectivity index (χ4v) is 4.89. The topological polar surface area (TPSA) is 93.9 Å². The summed E-state index contributed by atoms with van der Waals surface area (Å²) < 4.78 is 17.9. The van der Waals surface area contributed by atoms with Gasteiger partial charge >= 0.3 is 0 Å². The number of benzene rings is 3. The third-order valence-corrected chi connectivity index (χ3v) is 7.04. The molecule has 0 aliphatic carbocycles. The lowest BCUT2D eigenvalue weighted by atomic mass is 9.97. The second-order valence-corrected chi connectivity index (χ2v) is 9.73. The highest BCUT2D eigenvalue weighted by atomic mass is 16.5. The number of hydrogen-bond acceptors (Lipinski definition) is 7. The summed E-state index contributed by atoms with van der Waals surface area (Å²) in [6.45, 7) is 2.78. The predicted octanol–water partition coefficient (Wildman–Crippen LogP) is 5.05. The Morgan fingerprint density at radius 1 is 0.878 bits per heavy atom. The number of fused-ring (bicyclic) bond motifs is 1. The van der Waals surface area contributed by atoms with Crippen LogP contribution in [0.2, 0.25) is 0 Å². The van der Waals surface area contributed by atoms with E-state index in [9.17, 15) is 9.59 Å². The van der Waals surface area contributed by atoms with Gasteiger partial charge in [0.05, 0.1) is 18.6 Å². The Balaban J connectivity index is 1.32. The molecule has 1 N–H and O–H groups in total. The molecule has 1 fully saturated rings. The van der Waals surface area contributed by atoms with Gasteiger partial charge in [-0.25, -0.2) is 0 Å². The number of para-hydroxylation sites is 1. The molecule has 1 saturated heterocycles. The van der Waals surface area contributed by atoms with Crippen molar-refractivity contribution in [1.82, 2.24) is 10.3 Å². The van der Waals surface area contributed by atoms with Crippen LogP contribution in [0.15, 0.2) is 107 Å². The number of carbonyl (C=O) groups is 1. The number of anilines is 1. The number of nitrogens with zero attached hydrogens (tertiary/aromatic N) is 2. The molecule has 6 rings (SSSR count). The van der Waals surface area contributed by atoms with Crippen LogP contribution in [0.4, 0.5) is 5.88 Å². The molecule has 2 aromatic heterocycles. The first-order valence-corrected chi connectivity index (χ1v) is 13.5. The molecule has 0 radical (unpaired) electrons. The zero-order chi connectivity index (χ0) is 28.0. The minimum atomic E-state index is -0.226. The van der Waals surface area contributed by atoms with Crippen LogP contribution in [0.5, 0.6) is 5.75 Å². The Morgan fingerprint density at radius 3 is 2.49 bits per heavy atom. The number of carbonyl (C=O) groups excluding carboxylic acids is 1. The third-order valence-electron chi connectivity index (χ3n) is 7.04. The van der Waals surface area contributed by atoms with Crippen LogP contribution in [-0.2, 0) is 16.1 Å². The van der Waals surface area contributed by atoms with E-state index in [0.29, 0.717) is 55.5 Å². The van der Waals surface area contributed by atoms with Crippen LogP contribution < -0.4 is 20.4 Å². The maximum Gasteiger partial charge on any atom is 0.258 e. The molecular formula is C33H29N3O5. The van der Waals surface area contributed by atoms with Crippen molar-refractivity contribution in [3.05, 3.63) is 113 Å². The first kappa shape index (κ1) is 26.3. The normalized spacial score (nSPS) is 13.2. The molecule has 8 heteroatoms. The molecule has 8 nitrogen and oxygen atoms in total. The minimum Gasteiger partial charge on any atom is -0.483 e. The van der Waals surface area contributed by atoms with Gasteiger partial charge in [-0.1, -0.05) is 48.5 Å². The summed E-state index contributed by atoms with van der Waals surface area (Å²) in [5.74, 6) is 0.894. The van der Waals surface area contributed by atoms with E-state index >= 15 is 0 Å². The van der Waals surface area contributed by atoms with Crippen LogP contribution in [0.1, 0.15) is 5.56 Å². The number of pyridine rings is 1. The van der Waals surface area contributed by atoms with E-state index in [-0.39, 0.29) is 17.9 Å². The standard InChI is InChI=1S/C33H29N3O5/c37-29-20-32(36-15-17-39-18-16-36)41-33-26(7-4-8-27(29)33)25-9-10-30(28(19-25)24-5-2-1-3-6-24)40-22-31(38)35-21-23-11-13-34-14-12-23/h1-14,19-20H,15-18,21-22H2,(H,35,38). The second kappa shape index (κ2) is 12.1. The quantitative estimate of drug-likeness (QED) is 0.290. The van der Waals surface area contributed by atoms with E-state index in [0.717, 1.165) is 27.8 Å². The fourth-order valence-electron chi connectivity index (χ4n) is 4.89. The van der Waals surface area contributed by atoms with E-state index in [2.05, 4.69) is 10.3 Å². The molecule has 3 aromatic carbocycles. The summed E-state index contributed by atoms with van der Waals surface area (Å²) in [7, 11) is 0. The molecule has 41 heavy (non-hydrogen) atoms. The number of rotatable bonds is 8. The number of aromatic nitrogens is 1. The average Bonchev–Trinajstić information content (AvgIpc) is 3.04. The van der Waals surface area contributed by atoms with Crippen molar-refractivity contribution in [1.29, 1.82) is 0 Å². The van der Waals surface area contributed by atoms with Crippen molar-refractivity contribution >= 4 is 22.8 Å². The molecule has 1 aliphatic rings. The number of ether oxygens (including phenoxy) is 2. The van der Waals surface area contributed by atoms with Crippen LogP contribution in [0.25, 0.3) is 33.2 Å². The zero-order valence-corrected chi connectivity index (χ0v) is 22.4. The molecule has 1 amide bonds. The minimum absolute atomic E-state index is 0.0874. The Kier molecular flexibility index (Phi) is 7.73. The van der Waals surface area contributed by atoms with Crippen molar-refractivity contribution in [2.45, 2.75) is 6.54 Å². The third kappa shape index (κ3) is 5.97. The van der Waals surface area contributed by atoms with Crippen molar-refractivity contribution in [3.8, 4) is 28.0 Å². The summed E-state index contributed by atoms with van der Waals surface area (Å²) in [6, 6.07) is 26.5. The van der Waals surface area contributed by atoms with Crippen molar-refractivity contribution in [2.24, 2.45) is 0 Å². The zero-order valence-electron chi connectivity index (χ0n) is 22.4. The summed E-state index contributed by atoms with van der Waals surface area (Å²) in [5.41, 5.74) is 4.84. The van der Waals surface area contributed by atoms with Gasteiger partial charge in [0.25, 0.3) is 5.91 Å². The van der Waals surface area contributed by atoms with Gasteiger partial charge in [0, 0.05) is 49.2 Å².